The lowest BCUT2D eigenvalue weighted by atomic mass is 9.97. The van der Waals surface area contributed by atoms with Crippen LogP contribution in [0.1, 0.15) is 48.0 Å². The highest BCUT2D eigenvalue weighted by molar-refractivity contribution is 5.89. The Kier molecular flexibility index (Phi) is 5.97. The van der Waals surface area contributed by atoms with Crippen LogP contribution in [0.15, 0.2) is 35.4 Å². The highest BCUT2D eigenvalue weighted by atomic mass is 16.5. The number of methoxy groups -OCH3 is 1. The first-order valence-corrected chi connectivity index (χ1v) is 9.58. The van der Waals surface area contributed by atoms with E-state index in [1.54, 1.807) is 52.0 Å². The van der Waals surface area contributed by atoms with E-state index in [2.05, 4.69) is 26.7 Å². The number of esters is 2. The number of carbonyl (C=O) groups excluding carboxylic acids is 2. The SMILES string of the molecule is COC(=O)c1ccc(C#Cn2cnc3[nH]c(C)c(COC(=O)C(C)(C)C)c3c2=O)cc1. The molecule has 0 saturated carbocycles. The minimum Gasteiger partial charge on any atom is -0.465 e. The number of ether oxygens (including phenoxy) is 2. The molecule has 0 spiro atoms. The number of fused-ring (bicyclic) bond motifs is 1. The number of rotatable bonds is 3. The first-order chi connectivity index (χ1) is 14.6. The normalized spacial score (nSPS) is 11.0. The van der Waals surface area contributed by atoms with Crippen LogP contribution in [0.25, 0.3) is 11.0 Å². The average Bonchev–Trinajstić information content (AvgIpc) is 3.06. The van der Waals surface area contributed by atoms with Crippen LogP contribution >= 0.6 is 0 Å². The van der Waals surface area contributed by atoms with Gasteiger partial charge in [-0.3, -0.25) is 9.59 Å². The molecule has 0 atom stereocenters. The number of hydrogen-bond acceptors (Lipinski definition) is 6. The molecule has 0 aliphatic heterocycles. The number of benzene rings is 1. The van der Waals surface area contributed by atoms with E-state index in [-0.39, 0.29) is 18.1 Å². The summed E-state index contributed by atoms with van der Waals surface area (Å²) in [7, 11) is 1.31. The largest absolute Gasteiger partial charge is 0.465 e. The Bertz CT molecular complexity index is 1270. The molecule has 0 amide bonds. The van der Waals surface area contributed by atoms with Crippen molar-refractivity contribution in [3.63, 3.8) is 0 Å². The summed E-state index contributed by atoms with van der Waals surface area (Å²) in [5.41, 5.74) is 1.69. The van der Waals surface area contributed by atoms with Crippen molar-refractivity contribution >= 4 is 23.0 Å². The van der Waals surface area contributed by atoms with Crippen LogP contribution in [0.2, 0.25) is 0 Å². The molecule has 0 aliphatic carbocycles. The summed E-state index contributed by atoms with van der Waals surface area (Å²) in [5.74, 6) is 2.07. The first-order valence-electron chi connectivity index (χ1n) is 9.58. The van der Waals surface area contributed by atoms with Gasteiger partial charge in [0.15, 0.2) is 0 Å². The Hall–Kier alpha value is -3.86. The quantitative estimate of drug-likeness (QED) is 0.515. The topological polar surface area (TPSA) is 103 Å². The molecule has 8 nitrogen and oxygen atoms in total. The molecule has 0 aliphatic rings. The molecule has 0 saturated heterocycles. The zero-order valence-electron chi connectivity index (χ0n) is 18.0. The maximum atomic E-state index is 13.0. The number of hydrogen-bond donors (Lipinski definition) is 1. The molecule has 0 bridgehead atoms. The van der Waals surface area contributed by atoms with E-state index in [4.69, 9.17) is 4.74 Å². The highest BCUT2D eigenvalue weighted by Gasteiger charge is 2.24. The second-order valence-electron chi connectivity index (χ2n) is 8.00. The fourth-order valence-electron chi connectivity index (χ4n) is 2.81. The summed E-state index contributed by atoms with van der Waals surface area (Å²) in [6.45, 7) is 7.04. The van der Waals surface area contributed by atoms with Gasteiger partial charge in [-0.2, -0.15) is 0 Å². The zero-order chi connectivity index (χ0) is 22.8. The zero-order valence-corrected chi connectivity index (χ0v) is 18.0. The molecule has 8 heteroatoms. The van der Waals surface area contributed by atoms with E-state index in [1.807, 2.05) is 0 Å². The number of nitrogens with zero attached hydrogens (tertiary/aromatic N) is 2. The minimum absolute atomic E-state index is 0.0364. The molecule has 160 valence electrons. The molecule has 3 aromatic rings. The third-order valence-electron chi connectivity index (χ3n) is 4.62. The second-order valence-corrected chi connectivity index (χ2v) is 8.00. The van der Waals surface area contributed by atoms with Crippen molar-refractivity contribution in [3.8, 4) is 12.0 Å². The maximum absolute atomic E-state index is 13.0. The third kappa shape index (κ3) is 4.67. The predicted octanol–water partition coefficient (Wildman–Crippen LogP) is 2.77. The Morgan fingerprint density at radius 1 is 1.19 bits per heavy atom. The maximum Gasteiger partial charge on any atom is 0.337 e. The van der Waals surface area contributed by atoms with Crippen LogP contribution in [0.3, 0.4) is 0 Å². The molecule has 1 aromatic carbocycles. The van der Waals surface area contributed by atoms with Gasteiger partial charge in [-0.1, -0.05) is 0 Å². The molecule has 1 N–H and O–H groups in total. The lowest BCUT2D eigenvalue weighted by molar-refractivity contribution is -0.154. The summed E-state index contributed by atoms with van der Waals surface area (Å²) >= 11 is 0. The van der Waals surface area contributed by atoms with Gasteiger partial charge in [0.2, 0.25) is 0 Å². The number of carbonyl (C=O) groups is 2. The van der Waals surface area contributed by atoms with Gasteiger partial charge in [0.25, 0.3) is 5.56 Å². The molecule has 2 aromatic heterocycles. The van der Waals surface area contributed by atoms with Crippen molar-refractivity contribution in [1.82, 2.24) is 14.5 Å². The van der Waals surface area contributed by atoms with Gasteiger partial charge in [0, 0.05) is 22.9 Å². The van der Waals surface area contributed by atoms with E-state index in [9.17, 15) is 14.4 Å². The van der Waals surface area contributed by atoms with E-state index < -0.39 is 11.4 Å². The summed E-state index contributed by atoms with van der Waals surface area (Å²) in [6.07, 6.45) is 1.33. The van der Waals surface area contributed by atoms with Crippen molar-refractivity contribution in [3.05, 3.63) is 63.3 Å². The van der Waals surface area contributed by atoms with Crippen LogP contribution in [-0.2, 0) is 20.9 Å². The Labute approximate surface area is 179 Å². The van der Waals surface area contributed by atoms with Gasteiger partial charge >= 0.3 is 11.9 Å². The smallest absolute Gasteiger partial charge is 0.337 e. The third-order valence-corrected chi connectivity index (χ3v) is 4.62. The molecule has 0 fully saturated rings. The van der Waals surface area contributed by atoms with E-state index in [0.29, 0.717) is 33.4 Å². The first kappa shape index (κ1) is 21.8. The number of aromatic nitrogens is 3. The molecule has 0 radical (unpaired) electrons. The minimum atomic E-state index is -0.645. The van der Waals surface area contributed by atoms with Crippen LogP contribution in [0, 0.1) is 24.3 Å². The Balaban J connectivity index is 1.93. The van der Waals surface area contributed by atoms with E-state index in [1.165, 1.54) is 18.0 Å². The van der Waals surface area contributed by atoms with E-state index in [0.717, 1.165) is 0 Å². The van der Waals surface area contributed by atoms with Crippen molar-refractivity contribution in [1.29, 1.82) is 0 Å². The van der Waals surface area contributed by atoms with Gasteiger partial charge in [0.1, 0.15) is 18.6 Å². The van der Waals surface area contributed by atoms with Gasteiger partial charge < -0.3 is 14.5 Å². The predicted molar refractivity (Wildman–Crippen MR) is 114 cm³/mol. The molecular formula is C23H23N3O5. The van der Waals surface area contributed by atoms with Crippen LogP contribution in [0.5, 0.6) is 0 Å². The van der Waals surface area contributed by atoms with Gasteiger partial charge in [-0.05, 0) is 57.9 Å². The summed E-state index contributed by atoms with van der Waals surface area (Å²) in [5, 5.41) is 0.331. The van der Waals surface area contributed by atoms with Crippen molar-refractivity contribution in [2.45, 2.75) is 34.3 Å². The standard InChI is InChI=1S/C23H23N3O5/c1-14-17(12-31-22(29)23(2,3)4)18-19(25-14)24-13-26(20(18)27)11-10-15-6-8-16(9-7-15)21(28)30-5/h6-9,13,25H,12H2,1-5H3. The van der Waals surface area contributed by atoms with Gasteiger partial charge in [-0.25, -0.2) is 14.3 Å². The summed E-state index contributed by atoms with van der Waals surface area (Å²) in [4.78, 5) is 43.9. The lowest BCUT2D eigenvalue weighted by Gasteiger charge is -2.16. The van der Waals surface area contributed by atoms with E-state index >= 15 is 0 Å². The number of nitrogens with one attached hydrogen (secondary N) is 1. The molecular weight excluding hydrogens is 398 g/mol. The molecule has 2 heterocycles. The monoisotopic (exact) mass is 421 g/mol. The lowest BCUT2D eigenvalue weighted by Crippen LogP contribution is -2.23. The van der Waals surface area contributed by atoms with Crippen LogP contribution < -0.4 is 5.56 Å². The van der Waals surface area contributed by atoms with Gasteiger partial charge in [-0.15, -0.1) is 0 Å². The second kappa shape index (κ2) is 8.48. The Morgan fingerprint density at radius 2 is 1.87 bits per heavy atom. The Morgan fingerprint density at radius 3 is 2.48 bits per heavy atom. The van der Waals surface area contributed by atoms with Crippen LogP contribution in [-0.4, -0.2) is 33.6 Å². The number of aryl methyl sites for hydroxylation is 1. The fourth-order valence-corrected chi connectivity index (χ4v) is 2.81. The molecule has 0 unspecified atom stereocenters. The van der Waals surface area contributed by atoms with Crippen molar-refractivity contribution in [2.24, 2.45) is 5.41 Å². The number of H-pyrrole nitrogens is 1. The molecule has 3 rings (SSSR count). The van der Waals surface area contributed by atoms with Crippen molar-refractivity contribution < 1.29 is 19.1 Å². The van der Waals surface area contributed by atoms with Gasteiger partial charge in [0.05, 0.1) is 23.5 Å². The molecule has 31 heavy (non-hydrogen) atoms. The fraction of sp³-hybridized carbons (Fsp3) is 0.304. The van der Waals surface area contributed by atoms with Crippen molar-refractivity contribution in [2.75, 3.05) is 7.11 Å². The number of aromatic amines is 1. The average molecular weight is 421 g/mol. The van der Waals surface area contributed by atoms with Crippen LogP contribution in [0.4, 0.5) is 0 Å². The highest BCUT2D eigenvalue weighted by Crippen LogP contribution is 2.21. The summed E-state index contributed by atoms with van der Waals surface area (Å²) < 4.78 is 11.2. The summed E-state index contributed by atoms with van der Waals surface area (Å²) in [6, 6.07) is 9.27.